The van der Waals surface area contributed by atoms with E-state index in [1.54, 1.807) is 0 Å². The monoisotopic (exact) mass is 658 g/mol. The Hall–Kier alpha value is -2.84. The van der Waals surface area contributed by atoms with E-state index in [0.717, 1.165) is 82.5 Å². The van der Waals surface area contributed by atoms with Crippen LogP contribution < -0.4 is 10.9 Å². The van der Waals surface area contributed by atoms with Gasteiger partial charge in [0.2, 0.25) is 0 Å². The van der Waals surface area contributed by atoms with Gasteiger partial charge in [-0.25, -0.2) is 0 Å². The van der Waals surface area contributed by atoms with Gasteiger partial charge in [-0.2, -0.15) is 0 Å². The van der Waals surface area contributed by atoms with E-state index >= 15 is 0 Å². The lowest BCUT2D eigenvalue weighted by Gasteiger charge is -2.19. The van der Waals surface area contributed by atoms with E-state index in [0.29, 0.717) is 0 Å². The van der Waals surface area contributed by atoms with E-state index in [1.807, 2.05) is 36.4 Å². The van der Waals surface area contributed by atoms with Crippen molar-refractivity contribution in [3.05, 3.63) is 100 Å². The summed E-state index contributed by atoms with van der Waals surface area (Å²) in [6.45, 7) is 0. The molecule has 34 heavy (non-hydrogen) atoms. The molecule has 0 heterocycles. The topological polar surface area (TPSA) is 34.1 Å². The third-order valence-electron chi connectivity index (χ3n) is 7.41. The number of halogens is 2. The highest BCUT2D eigenvalue weighted by Crippen LogP contribution is 2.45. The van der Waals surface area contributed by atoms with Gasteiger partial charge < -0.3 is 0 Å². The average molecular weight is 658 g/mol. The standard InChI is InChI=1S/C30H12I2O2/c31-21-5-1-3-15-19-11-13-7-10-18-26-20(16-4-2-6-22(32)28(16)30(18)34)12-14-8-9-17(29(33)27(15)21)25(19)23(14)24(13)26/h1-12H. The summed E-state index contributed by atoms with van der Waals surface area (Å²) in [6.07, 6.45) is 0. The Morgan fingerprint density at radius 1 is 0.412 bits per heavy atom. The first-order valence-corrected chi connectivity index (χ1v) is 13.2. The zero-order valence-electron chi connectivity index (χ0n) is 17.5. The van der Waals surface area contributed by atoms with Gasteiger partial charge in [0.05, 0.1) is 0 Å². The second-order valence-corrected chi connectivity index (χ2v) is 11.3. The third-order valence-corrected chi connectivity index (χ3v) is 9.21. The van der Waals surface area contributed by atoms with Crippen molar-refractivity contribution in [3.8, 4) is 0 Å². The molecule has 8 aromatic carbocycles. The second-order valence-electron chi connectivity index (χ2n) is 9.00. The lowest BCUT2D eigenvalue weighted by molar-refractivity contribution is 1.69. The molecule has 0 radical (unpaired) electrons. The third kappa shape index (κ3) is 2.17. The Kier molecular flexibility index (Phi) is 3.68. The van der Waals surface area contributed by atoms with Crippen LogP contribution in [0, 0.1) is 7.14 Å². The molecule has 8 rings (SSSR count). The zero-order chi connectivity index (χ0) is 22.9. The maximum atomic E-state index is 13.6. The summed E-state index contributed by atoms with van der Waals surface area (Å²) < 4.78 is 1.94. The molecule has 0 atom stereocenters. The van der Waals surface area contributed by atoms with Gasteiger partial charge in [0.25, 0.3) is 0 Å². The van der Waals surface area contributed by atoms with Gasteiger partial charge in [0.15, 0.2) is 10.9 Å². The zero-order valence-corrected chi connectivity index (χ0v) is 21.8. The molecule has 0 aliphatic carbocycles. The molecule has 0 saturated heterocycles. The van der Waals surface area contributed by atoms with Crippen LogP contribution in [0.15, 0.2) is 82.4 Å². The van der Waals surface area contributed by atoms with Crippen LogP contribution >= 0.6 is 45.2 Å². The first kappa shape index (κ1) is 19.5. The summed E-state index contributed by atoms with van der Waals surface area (Å²) in [5.41, 5.74) is 0.155. The van der Waals surface area contributed by atoms with Crippen LogP contribution in [0.3, 0.4) is 0 Å². The van der Waals surface area contributed by atoms with E-state index in [1.165, 1.54) is 0 Å². The summed E-state index contributed by atoms with van der Waals surface area (Å²) in [4.78, 5) is 27.3. The summed E-state index contributed by atoms with van der Waals surface area (Å²) in [7, 11) is 0. The molecule has 0 aromatic heterocycles. The highest BCUT2D eigenvalue weighted by molar-refractivity contribution is 14.1. The maximum Gasteiger partial charge on any atom is 0.195 e. The molecule has 158 valence electrons. The van der Waals surface area contributed by atoms with Gasteiger partial charge >= 0.3 is 0 Å². The van der Waals surface area contributed by atoms with Crippen molar-refractivity contribution in [2.75, 3.05) is 0 Å². The molecule has 0 amide bonds. The van der Waals surface area contributed by atoms with Crippen molar-refractivity contribution in [1.29, 1.82) is 0 Å². The van der Waals surface area contributed by atoms with E-state index in [4.69, 9.17) is 0 Å². The van der Waals surface area contributed by atoms with Crippen LogP contribution in [0.1, 0.15) is 0 Å². The van der Waals surface area contributed by atoms with E-state index in [-0.39, 0.29) is 10.9 Å². The minimum absolute atomic E-state index is 0.0777. The minimum Gasteiger partial charge on any atom is -0.289 e. The molecule has 0 bridgehead atoms. The Bertz CT molecular complexity index is 2120. The quantitative estimate of drug-likeness (QED) is 0.0941. The Morgan fingerprint density at radius 3 is 1.29 bits per heavy atom. The van der Waals surface area contributed by atoms with E-state index in [2.05, 4.69) is 81.6 Å². The Morgan fingerprint density at radius 2 is 0.853 bits per heavy atom. The molecule has 0 aliphatic rings. The number of fused-ring (bicyclic) bond motifs is 4. The van der Waals surface area contributed by atoms with Gasteiger partial charge in [-0.1, -0.05) is 36.4 Å². The first-order valence-electron chi connectivity index (χ1n) is 11.0. The minimum atomic E-state index is 0.0777. The first-order chi connectivity index (χ1) is 16.5. The molecule has 0 N–H and O–H groups in total. The molecule has 4 heteroatoms. The van der Waals surface area contributed by atoms with E-state index in [9.17, 15) is 9.59 Å². The highest BCUT2D eigenvalue weighted by atomic mass is 127. The van der Waals surface area contributed by atoms with E-state index < -0.39 is 0 Å². The van der Waals surface area contributed by atoms with Crippen LogP contribution in [0.4, 0.5) is 0 Å². The predicted octanol–water partition coefficient (Wildman–Crippen LogP) is 8.00. The van der Waals surface area contributed by atoms with Gasteiger partial charge in [0.1, 0.15) is 0 Å². The molecular formula is C30H12I2O2. The van der Waals surface area contributed by atoms with Crippen LogP contribution in [-0.2, 0) is 0 Å². The van der Waals surface area contributed by atoms with Gasteiger partial charge in [0, 0.05) is 39.5 Å². The van der Waals surface area contributed by atoms with Crippen molar-refractivity contribution >= 4 is 121 Å². The number of benzene rings is 8. The predicted molar refractivity (Wildman–Crippen MR) is 161 cm³/mol. The average Bonchev–Trinajstić information content (AvgIpc) is 2.84. The molecule has 0 spiro atoms. The summed E-state index contributed by atoms with van der Waals surface area (Å²) >= 11 is 4.53. The highest BCUT2D eigenvalue weighted by Gasteiger charge is 2.22. The van der Waals surface area contributed by atoms with Crippen LogP contribution in [0.2, 0.25) is 0 Å². The lowest BCUT2D eigenvalue weighted by atomic mass is 9.84. The number of hydrogen-bond acceptors (Lipinski definition) is 2. The molecule has 0 unspecified atom stereocenters. The second kappa shape index (κ2) is 6.43. The summed E-state index contributed by atoms with van der Waals surface area (Å²) in [5, 5.41) is 13.7. The molecular weight excluding hydrogens is 646 g/mol. The fourth-order valence-electron chi connectivity index (χ4n) is 6.06. The smallest absolute Gasteiger partial charge is 0.195 e. The number of rotatable bonds is 0. The molecule has 2 nitrogen and oxygen atoms in total. The van der Waals surface area contributed by atoms with Crippen LogP contribution in [0.5, 0.6) is 0 Å². The fraction of sp³-hybridized carbons (Fsp3) is 0. The van der Waals surface area contributed by atoms with Gasteiger partial charge in [-0.15, -0.1) is 0 Å². The fourth-order valence-corrected chi connectivity index (χ4v) is 7.55. The Labute approximate surface area is 219 Å². The van der Waals surface area contributed by atoms with Crippen molar-refractivity contribution < 1.29 is 0 Å². The van der Waals surface area contributed by atoms with Crippen molar-refractivity contribution in [2.45, 2.75) is 0 Å². The largest absolute Gasteiger partial charge is 0.289 e. The van der Waals surface area contributed by atoms with Crippen LogP contribution in [0.25, 0.3) is 75.4 Å². The Balaban J connectivity index is 1.79. The van der Waals surface area contributed by atoms with Crippen molar-refractivity contribution in [3.63, 3.8) is 0 Å². The molecule has 0 fully saturated rings. The molecule has 0 aliphatic heterocycles. The summed E-state index contributed by atoms with van der Waals surface area (Å²) in [6, 6.07) is 24.7. The van der Waals surface area contributed by atoms with Gasteiger partial charge in [-0.05, 0) is 125 Å². The van der Waals surface area contributed by atoms with Gasteiger partial charge in [-0.3, -0.25) is 9.59 Å². The van der Waals surface area contributed by atoms with Crippen molar-refractivity contribution in [1.82, 2.24) is 0 Å². The normalized spacial score (nSPS) is 12.6. The SMILES string of the molecule is O=c1c2ccc3cc4c5cccc(I)c5c(=O)c5ccc6cc(c7cccc(I)c17)c2c3c6c54. The lowest BCUT2D eigenvalue weighted by Crippen LogP contribution is -2.07. The maximum absolute atomic E-state index is 13.6. The summed E-state index contributed by atoms with van der Waals surface area (Å²) in [5.74, 6) is 0. The number of hydrogen-bond donors (Lipinski definition) is 0. The molecule has 8 aromatic rings. The molecule has 0 saturated carbocycles. The van der Waals surface area contributed by atoms with Crippen molar-refractivity contribution in [2.24, 2.45) is 0 Å². The van der Waals surface area contributed by atoms with Crippen LogP contribution in [-0.4, -0.2) is 0 Å².